The minimum Gasteiger partial charge on any atom is -0.398 e. The first-order chi connectivity index (χ1) is 8.40. The minimum atomic E-state index is -3.81. The van der Waals surface area contributed by atoms with Gasteiger partial charge in [0.15, 0.2) is 0 Å². The fraction of sp³-hybridized carbons (Fsp3) is 0.125. The Morgan fingerprint density at radius 3 is 2.78 bits per heavy atom. The quantitative estimate of drug-likeness (QED) is 0.826. The lowest BCUT2D eigenvalue weighted by atomic mass is 10.2. The average Bonchev–Trinajstić information content (AvgIpc) is 2.75. The molecule has 2 aromatic rings. The van der Waals surface area contributed by atoms with E-state index in [9.17, 15) is 8.42 Å². The van der Waals surface area contributed by atoms with Gasteiger partial charge in [-0.2, -0.15) is 0 Å². The summed E-state index contributed by atoms with van der Waals surface area (Å²) in [5, 5.41) is 7.12. The van der Waals surface area contributed by atoms with Crippen LogP contribution in [0.25, 0.3) is 0 Å². The number of aromatic nitrogens is 3. The standard InChI is InChI=1S/C8H8ClN5O2S2/c1-4-6(10)2-5(9)3-7(4)18(15,16)12-8-11-13-14-17-8/h2-3H,10H2,1H3,(H,11,12,14). The van der Waals surface area contributed by atoms with Crippen LogP contribution in [0, 0.1) is 6.92 Å². The van der Waals surface area contributed by atoms with Crippen molar-refractivity contribution in [2.75, 3.05) is 10.5 Å². The van der Waals surface area contributed by atoms with Crippen molar-refractivity contribution in [2.24, 2.45) is 0 Å². The van der Waals surface area contributed by atoms with Crippen LogP contribution in [0.2, 0.25) is 5.02 Å². The summed E-state index contributed by atoms with van der Waals surface area (Å²) < 4.78 is 29.9. The van der Waals surface area contributed by atoms with Crippen LogP contribution < -0.4 is 10.5 Å². The highest BCUT2D eigenvalue weighted by Crippen LogP contribution is 2.27. The number of hydrogen-bond acceptors (Lipinski definition) is 7. The minimum absolute atomic E-state index is 0.00250. The molecule has 18 heavy (non-hydrogen) atoms. The van der Waals surface area contributed by atoms with Crippen molar-refractivity contribution in [1.82, 2.24) is 14.8 Å². The molecule has 1 heterocycles. The number of sulfonamides is 1. The third-order valence-corrected chi connectivity index (χ3v) is 4.50. The van der Waals surface area contributed by atoms with Crippen LogP contribution in [0.3, 0.4) is 0 Å². The van der Waals surface area contributed by atoms with E-state index in [0.29, 0.717) is 11.3 Å². The Bertz CT molecular complexity index is 671. The molecule has 0 amide bonds. The molecule has 0 atom stereocenters. The van der Waals surface area contributed by atoms with Gasteiger partial charge in [0.05, 0.1) is 4.90 Å². The molecular formula is C8H8ClN5O2S2. The van der Waals surface area contributed by atoms with Gasteiger partial charge in [0.1, 0.15) is 0 Å². The second kappa shape index (κ2) is 4.67. The molecule has 0 spiro atoms. The Balaban J connectivity index is 2.48. The molecule has 0 aliphatic heterocycles. The molecule has 0 saturated heterocycles. The van der Waals surface area contributed by atoms with Crippen molar-refractivity contribution >= 4 is 44.0 Å². The Morgan fingerprint density at radius 1 is 1.44 bits per heavy atom. The fourth-order valence-corrected chi connectivity index (χ4v) is 3.47. The Morgan fingerprint density at radius 2 is 2.17 bits per heavy atom. The van der Waals surface area contributed by atoms with E-state index in [1.807, 2.05) is 0 Å². The molecule has 0 aliphatic carbocycles. The molecule has 3 N–H and O–H groups in total. The molecule has 7 nitrogen and oxygen atoms in total. The SMILES string of the molecule is Cc1c(N)cc(Cl)cc1S(=O)(=O)Nc1nnns1. The van der Waals surface area contributed by atoms with Gasteiger partial charge in [0.25, 0.3) is 10.0 Å². The molecule has 2 rings (SSSR count). The zero-order chi connectivity index (χ0) is 13.3. The monoisotopic (exact) mass is 305 g/mol. The molecule has 1 aromatic heterocycles. The maximum Gasteiger partial charge on any atom is 0.264 e. The summed E-state index contributed by atoms with van der Waals surface area (Å²) in [7, 11) is -3.81. The number of nitrogen functional groups attached to an aromatic ring is 1. The van der Waals surface area contributed by atoms with Crippen LogP contribution in [0.1, 0.15) is 5.56 Å². The highest BCUT2D eigenvalue weighted by Gasteiger charge is 2.20. The van der Waals surface area contributed by atoms with Gasteiger partial charge in [0.2, 0.25) is 5.13 Å². The van der Waals surface area contributed by atoms with E-state index in [-0.39, 0.29) is 15.0 Å². The third kappa shape index (κ3) is 2.52. The highest BCUT2D eigenvalue weighted by atomic mass is 35.5. The molecule has 1 aromatic carbocycles. The van der Waals surface area contributed by atoms with Crippen LogP contribution in [0.5, 0.6) is 0 Å². The molecule has 10 heteroatoms. The third-order valence-electron chi connectivity index (χ3n) is 2.18. The number of hydrogen-bond donors (Lipinski definition) is 2. The van der Waals surface area contributed by atoms with E-state index in [0.717, 1.165) is 11.5 Å². The number of anilines is 2. The summed E-state index contributed by atoms with van der Waals surface area (Å²) in [5.41, 5.74) is 6.40. The summed E-state index contributed by atoms with van der Waals surface area (Å²) in [6.45, 7) is 1.60. The van der Waals surface area contributed by atoms with Gasteiger partial charge in [-0.05, 0) is 29.8 Å². The van der Waals surface area contributed by atoms with E-state index in [1.54, 1.807) is 6.92 Å². The van der Waals surface area contributed by atoms with Crippen LogP contribution in [-0.4, -0.2) is 23.2 Å². The van der Waals surface area contributed by atoms with Gasteiger partial charge in [-0.15, -0.1) is 0 Å². The number of benzene rings is 1. The predicted octanol–water partition coefficient (Wildman–Crippen LogP) is 1.28. The zero-order valence-electron chi connectivity index (χ0n) is 9.08. The number of rotatable bonds is 3. The van der Waals surface area contributed by atoms with Crippen molar-refractivity contribution < 1.29 is 8.42 Å². The van der Waals surface area contributed by atoms with Crippen molar-refractivity contribution in [3.05, 3.63) is 22.7 Å². The van der Waals surface area contributed by atoms with E-state index in [2.05, 4.69) is 19.5 Å². The Labute approximate surface area is 112 Å². The molecule has 0 saturated carbocycles. The Hall–Kier alpha value is -1.45. The van der Waals surface area contributed by atoms with Crippen LogP contribution in [-0.2, 0) is 10.0 Å². The second-order valence-corrected chi connectivity index (χ2v) is 6.21. The van der Waals surface area contributed by atoms with E-state index >= 15 is 0 Å². The Kier molecular flexibility index (Phi) is 3.37. The lowest BCUT2D eigenvalue weighted by molar-refractivity contribution is 0.600. The lowest BCUT2D eigenvalue weighted by Crippen LogP contribution is -2.15. The molecule has 0 radical (unpaired) electrons. The molecule has 0 aliphatic rings. The lowest BCUT2D eigenvalue weighted by Gasteiger charge is -2.10. The van der Waals surface area contributed by atoms with Gasteiger partial charge in [0, 0.05) is 22.2 Å². The number of halogens is 1. The first-order valence-electron chi connectivity index (χ1n) is 4.63. The maximum absolute atomic E-state index is 12.1. The first kappa shape index (κ1) is 13.0. The van der Waals surface area contributed by atoms with E-state index < -0.39 is 10.0 Å². The molecular weight excluding hydrogens is 298 g/mol. The van der Waals surface area contributed by atoms with Gasteiger partial charge in [-0.1, -0.05) is 21.2 Å². The maximum atomic E-state index is 12.1. The first-order valence-corrected chi connectivity index (χ1v) is 7.27. The summed E-state index contributed by atoms with van der Waals surface area (Å²) in [4.78, 5) is 0.00250. The van der Waals surface area contributed by atoms with Gasteiger partial charge >= 0.3 is 0 Å². The van der Waals surface area contributed by atoms with Crippen molar-refractivity contribution in [3.63, 3.8) is 0 Å². The summed E-state index contributed by atoms with van der Waals surface area (Å²) in [6, 6.07) is 2.81. The molecule has 0 fully saturated rings. The number of nitrogens with one attached hydrogen (secondary N) is 1. The topological polar surface area (TPSA) is 111 Å². The van der Waals surface area contributed by atoms with Gasteiger partial charge in [-0.3, -0.25) is 4.72 Å². The van der Waals surface area contributed by atoms with Crippen molar-refractivity contribution in [3.8, 4) is 0 Å². The summed E-state index contributed by atoms with van der Waals surface area (Å²) >= 11 is 6.63. The molecule has 0 unspecified atom stereocenters. The highest BCUT2D eigenvalue weighted by molar-refractivity contribution is 7.93. The average molecular weight is 306 g/mol. The summed E-state index contributed by atoms with van der Waals surface area (Å²) in [5.74, 6) is 0. The van der Waals surface area contributed by atoms with Crippen molar-refractivity contribution in [2.45, 2.75) is 11.8 Å². The molecule has 0 bridgehead atoms. The van der Waals surface area contributed by atoms with Crippen LogP contribution in [0.4, 0.5) is 10.8 Å². The number of nitrogens with two attached hydrogens (primary N) is 1. The predicted molar refractivity (Wildman–Crippen MR) is 69.1 cm³/mol. The second-order valence-electron chi connectivity index (χ2n) is 3.39. The van der Waals surface area contributed by atoms with Crippen molar-refractivity contribution in [1.29, 1.82) is 0 Å². The molecule has 96 valence electrons. The summed E-state index contributed by atoms with van der Waals surface area (Å²) in [6.07, 6.45) is 0. The smallest absolute Gasteiger partial charge is 0.264 e. The van der Waals surface area contributed by atoms with E-state index in [4.69, 9.17) is 17.3 Å². The van der Waals surface area contributed by atoms with Crippen LogP contribution in [0.15, 0.2) is 17.0 Å². The normalized spacial score (nSPS) is 11.4. The zero-order valence-corrected chi connectivity index (χ0v) is 11.5. The largest absolute Gasteiger partial charge is 0.398 e. The number of nitrogens with zero attached hydrogens (tertiary/aromatic N) is 3. The van der Waals surface area contributed by atoms with Crippen LogP contribution >= 0.6 is 23.1 Å². The van der Waals surface area contributed by atoms with E-state index in [1.165, 1.54) is 12.1 Å². The fourth-order valence-electron chi connectivity index (χ4n) is 1.30. The van der Waals surface area contributed by atoms with Gasteiger partial charge in [-0.25, -0.2) is 8.42 Å². The van der Waals surface area contributed by atoms with Gasteiger partial charge < -0.3 is 5.73 Å².